The molecule has 140 valence electrons. The van der Waals surface area contributed by atoms with Crippen LogP contribution in [0.25, 0.3) is 0 Å². The maximum atomic E-state index is 6.55. The molecular formula is C21H38O3. The Morgan fingerprint density at radius 1 is 1.08 bits per heavy atom. The zero-order valence-electron chi connectivity index (χ0n) is 15.8. The summed E-state index contributed by atoms with van der Waals surface area (Å²) < 4.78 is 17.1. The van der Waals surface area contributed by atoms with Crippen LogP contribution in [-0.4, -0.2) is 31.5 Å². The van der Waals surface area contributed by atoms with Gasteiger partial charge in [-0.15, -0.1) is 0 Å². The third kappa shape index (κ3) is 6.76. The summed E-state index contributed by atoms with van der Waals surface area (Å²) in [5, 5.41) is 0. The van der Waals surface area contributed by atoms with Crippen molar-refractivity contribution in [3.63, 3.8) is 0 Å². The molecule has 3 nitrogen and oxygen atoms in total. The first kappa shape index (κ1) is 19.8. The maximum Gasteiger partial charge on any atom is 0.104 e. The molecular weight excluding hydrogens is 300 g/mol. The average molecular weight is 339 g/mol. The fourth-order valence-electron chi connectivity index (χ4n) is 4.24. The van der Waals surface area contributed by atoms with Gasteiger partial charge in [0.25, 0.3) is 0 Å². The van der Waals surface area contributed by atoms with E-state index >= 15 is 0 Å². The first-order valence-electron chi connectivity index (χ1n) is 10.3. The molecule has 2 rings (SSSR count). The molecule has 0 radical (unpaired) electrons. The second-order valence-corrected chi connectivity index (χ2v) is 7.57. The minimum Gasteiger partial charge on any atom is -0.502 e. The topological polar surface area (TPSA) is 31.0 Å². The van der Waals surface area contributed by atoms with Crippen LogP contribution in [-0.2, 0) is 14.2 Å². The van der Waals surface area contributed by atoms with Crippen LogP contribution in [0, 0.1) is 5.92 Å². The lowest BCUT2D eigenvalue weighted by molar-refractivity contribution is -0.110. The SMILES string of the molecule is C=COCCCCCCCC(CC)(OCC1CO1)C1CCCCC1. The zero-order valence-corrected chi connectivity index (χ0v) is 15.8. The minimum absolute atomic E-state index is 0.109. The van der Waals surface area contributed by atoms with Crippen molar-refractivity contribution in [2.24, 2.45) is 5.92 Å². The molecule has 0 bridgehead atoms. The Kier molecular flexibility index (Phi) is 9.19. The molecule has 1 aliphatic heterocycles. The van der Waals surface area contributed by atoms with Crippen molar-refractivity contribution in [3.05, 3.63) is 12.8 Å². The molecule has 0 aromatic heterocycles. The van der Waals surface area contributed by atoms with E-state index in [1.807, 2.05) is 0 Å². The number of ether oxygens (including phenoxy) is 3. The van der Waals surface area contributed by atoms with Crippen LogP contribution < -0.4 is 0 Å². The molecule has 1 aliphatic carbocycles. The fraction of sp³-hybridized carbons (Fsp3) is 0.905. The summed E-state index contributed by atoms with van der Waals surface area (Å²) in [6.45, 7) is 8.43. The molecule has 24 heavy (non-hydrogen) atoms. The van der Waals surface area contributed by atoms with E-state index in [-0.39, 0.29) is 5.60 Å². The highest BCUT2D eigenvalue weighted by atomic mass is 16.6. The van der Waals surface area contributed by atoms with Crippen LogP contribution in [0.2, 0.25) is 0 Å². The molecule has 2 unspecified atom stereocenters. The first-order chi connectivity index (χ1) is 11.8. The molecule has 0 aromatic rings. The predicted molar refractivity (Wildman–Crippen MR) is 99.1 cm³/mol. The van der Waals surface area contributed by atoms with E-state index in [9.17, 15) is 0 Å². The summed E-state index contributed by atoms with van der Waals surface area (Å²) in [6.07, 6.45) is 17.5. The molecule has 1 saturated heterocycles. The lowest BCUT2D eigenvalue weighted by atomic mass is 9.73. The summed E-state index contributed by atoms with van der Waals surface area (Å²) in [5.41, 5.74) is 0.109. The Labute approximate surface area is 149 Å². The Bertz CT molecular complexity index is 334. The number of unbranched alkanes of at least 4 members (excludes halogenated alkanes) is 4. The van der Waals surface area contributed by atoms with Crippen molar-refractivity contribution < 1.29 is 14.2 Å². The molecule has 3 heteroatoms. The van der Waals surface area contributed by atoms with Gasteiger partial charge in [-0.05, 0) is 38.0 Å². The number of rotatable bonds is 14. The first-order valence-corrected chi connectivity index (χ1v) is 10.3. The van der Waals surface area contributed by atoms with E-state index in [0.29, 0.717) is 6.10 Å². The number of hydrogen-bond acceptors (Lipinski definition) is 3. The Morgan fingerprint density at radius 2 is 1.79 bits per heavy atom. The van der Waals surface area contributed by atoms with E-state index in [0.717, 1.165) is 38.6 Å². The van der Waals surface area contributed by atoms with Crippen molar-refractivity contribution in [1.29, 1.82) is 0 Å². The second-order valence-electron chi connectivity index (χ2n) is 7.57. The van der Waals surface area contributed by atoms with Crippen LogP contribution in [0.1, 0.15) is 84.0 Å². The minimum atomic E-state index is 0.109. The largest absolute Gasteiger partial charge is 0.502 e. The third-order valence-electron chi connectivity index (χ3n) is 5.89. The summed E-state index contributed by atoms with van der Waals surface area (Å²) in [6, 6.07) is 0. The summed E-state index contributed by atoms with van der Waals surface area (Å²) in [5.74, 6) is 0.760. The van der Waals surface area contributed by atoms with Crippen LogP contribution in [0.3, 0.4) is 0 Å². The van der Waals surface area contributed by atoms with Gasteiger partial charge in [-0.1, -0.05) is 58.4 Å². The van der Waals surface area contributed by atoms with Gasteiger partial charge in [0.1, 0.15) is 6.10 Å². The monoisotopic (exact) mass is 338 g/mol. The highest BCUT2D eigenvalue weighted by Crippen LogP contribution is 2.41. The second kappa shape index (κ2) is 11.1. The van der Waals surface area contributed by atoms with E-state index in [1.54, 1.807) is 6.26 Å². The summed E-state index contributed by atoms with van der Waals surface area (Å²) in [7, 11) is 0. The highest BCUT2D eigenvalue weighted by molar-refractivity contribution is 4.90. The van der Waals surface area contributed by atoms with Crippen molar-refractivity contribution in [3.8, 4) is 0 Å². The maximum absolute atomic E-state index is 6.55. The zero-order chi connectivity index (χ0) is 17.1. The molecule has 1 saturated carbocycles. The molecule has 0 spiro atoms. The van der Waals surface area contributed by atoms with Crippen LogP contribution in [0.15, 0.2) is 12.8 Å². The molecule has 0 amide bonds. The van der Waals surface area contributed by atoms with Gasteiger partial charge < -0.3 is 14.2 Å². The molecule has 2 atom stereocenters. The van der Waals surface area contributed by atoms with E-state index < -0.39 is 0 Å². The van der Waals surface area contributed by atoms with Gasteiger partial charge in [0, 0.05) is 0 Å². The van der Waals surface area contributed by atoms with Crippen LogP contribution in [0.4, 0.5) is 0 Å². The van der Waals surface area contributed by atoms with Crippen molar-refractivity contribution in [2.45, 2.75) is 95.7 Å². The van der Waals surface area contributed by atoms with Crippen molar-refractivity contribution in [1.82, 2.24) is 0 Å². The molecule has 2 fully saturated rings. The van der Waals surface area contributed by atoms with Gasteiger partial charge in [0.05, 0.1) is 31.7 Å². The van der Waals surface area contributed by atoms with Gasteiger partial charge in [-0.2, -0.15) is 0 Å². The quantitative estimate of drug-likeness (QED) is 0.233. The Balaban J connectivity index is 1.72. The third-order valence-corrected chi connectivity index (χ3v) is 5.89. The van der Waals surface area contributed by atoms with Gasteiger partial charge in [-0.25, -0.2) is 0 Å². The molecule has 0 aromatic carbocycles. The van der Waals surface area contributed by atoms with Gasteiger partial charge in [0.2, 0.25) is 0 Å². The van der Waals surface area contributed by atoms with Gasteiger partial charge in [0.15, 0.2) is 0 Å². The van der Waals surface area contributed by atoms with E-state index in [4.69, 9.17) is 14.2 Å². The fourth-order valence-corrected chi connectivity index (χ4v) is 4.24. The highest BCUT2D eigenvalue weighted by Gasteiger charge is 2.39. The van der Waals surface area contributed by atoms with Crippen molar-refractivity contribution >= 4 is 0 Å². The van der Waals surface area contributed by atoms with Crippen molar-refractivity contribution in [2.75, 3.05) is 19.8 Å². The number of hydrogen-bond donors (Lipinski definition) is 0. The summed E-state index contributed by atoms with van der Waals surface area (Å²) in [4.78, 5) is 0. The molecule has 2 aliphatic rings. The molecule has 0 N–H and O–H groups in total. The van der Waals surface area contributed by atoms with Gasteiger partial charge in [-0.3, -0.25) is 0 Å². The van der Waals surface area contributed by atoms with Crippen LogP contribution in [0.5, 0.6) is 0 Å². The normalized spacial score (nSPS) is 23.6. The standard InChI is InChI=1S/C21H38O3/c1-3-21(24-18-20-17-23-20,19-13-9-8-10-14-19)15-11-6-5-7-12-16-22-4-2/h4,19-20H,2-3,5-18H2,1H3. The van der Waals surface area contributed by atoms with Crippen LogP contribution >= 0.6 is 0 Å². The number of epoxide rings is 1. The van der Waals surface area contributed by atoms with E-state index in [1.165, 1.54) is 64.2 Å². The molecule has 1 heterocycles. The van der Waals surface area contributed by atoms with E-state index in [2.05, 4.69) is 13.5 Å². The smallest absolute Gasteiger partial charge is 0.104 e. The Morgan fingerprint density at radius 3 is 2.46 bits per heavy atom. The average Bonchev–Trinajstić information content (AvgIpc) is 3.45. The predicted octanol–water partition coefficient (Wildman–Crippen LogP) is 5.63. The Hall–Kier alpha value is -0.540. The summed E-state index contributed by atoms with van der Waals surface area (Å²) >= 11 is 0. The van der Waals surface area contributed by atoms with Gasteiger partial charge >= 0.3 is 0 Å². The lowest BCUT2D eigenvalue weighted by Gasteiger charge is -2.42. The lowest BCUT2D eigenvalue weighted by Crippen LogP contribution is -2.42.